The first-order chi connectivity index (χ1) is 8.24. The van der Waals surface area contributed by atoms with Crippen LogP contribution in [-0.2, 0) is 13.0 Å². The highest BCUT2D eigenvalue weighted by molar-refractivity contribution is 9.11. The molecule has 88 valence electrons. The average Bonchev–Trinajstić information content (AvgIpc) is 2.88. The lowest BCUT2D eigenvalue weighted by atomic mass is 10.1. The van der Waals surface area contributed by atoms with Crippen LogP contribution >= 0.6 is 27.3 Å². The van der Waals surface area contributed by atoms with Crippen molar-refractivity contribution < 1.29 is 0 Å². The highest BCUT2D eigenvalue weighted by atomic mass is 79.9. The number of benzene rings is 1. The molecule has 17 heavy (non-hydrogen) atoms. The number of rotatable bonds is 2. The molecule has 4 heteroatoms. The minimum Gasteiger partial charge on any atom is -0.397 e. The molecule has 2 N–H and O–H groups in total. The van der Waals surface area contributed by atoms with E-state index in [-0.39, 0.29) is 0 Å². The Labute approximate surface area is 113 Å². The number of nitrogens with two attached hydrogens (primary N) is 1. The van der Waals surface area contributed by atoms with E-state index in [9.17, 15) is 0 Å². The minimum atomic E-state index is 0.897. The van der Waals surface area contributed by atoms with E-state index in [1.165, 1.54) is 20.6 Å². The first-order valence-electron chi connectivity index (χ1n) is 5.59. The molecular weight excluding hydrogens is 296 g/mol. The van der Waals surface area contributed by atoms with Gasteiger partial charge in [-0.05, 0) is 51.0 Å². The van der Waals surface area contributed by atoms with E-state index >= 15 is 0 Å². The number of hydrogen-bond donors (Lipinski definition) is 1. The topological polar surface area (TPSA) is 29.3 Å². The molecule has 0 saturated heterocycles. The van der Waals surface area contributed by atoms with Gasteiger partial charge in [-0.25, -0.2) is 0 Å². The van der Waals surface area contributed by atoms with Gasteiger partial charge < -0.3 is 10.6 Å². The number of halogens is 1. The zero-order chi connectivity index (χ0) is 11.8. The molecule has 0 atom stereocenters. The Morgan fingerprint density at radius 3 is 3.06 bits per heavy atom. The van der Waals surface area contributed by atoms with Crippen LogP contribution in [0.5, 0.6) is 0 Å². The van der Waals surface area contributed by atoms with Gasteiger partial charge in [0.05, 0.1) is 15.2 Å². The van der Waals surface area contributed by atoms with E-state index in [0.29, 0.717) is 0 Å². The van der Waals surface area contributed by atoms with Crippen molar-refractivity contribution in [3.63, 3.8) is 0 Å². The molecule has 0 fully saturated rings. The molecule has 1 aromatic heterocycles. The van der Waals surface area contributed by atoms with E-state index in [1.54, 1.807) is 11.3 Å². The standard InChI is InChI=1S/C13H13BrN2S/c14-12-6-9(8-17-12)7-16-5-4-10-2-1-3-11(15)13(10)16/h1-3,6,8H,4-5,7,15H2. The van der Waals surface area contributed by atoms with Crippen LogP contribution in [0.15, 0.2) is 33.4 Å². The molecule has 0 bridgehead atoms. The highest BCUT2D eigenvalue weighted by Gasteiger charge is 2.21. The van der Waals surface area contributed by atoms with Crippen LogP contribution in [0.4, 0.5) is 11.4 Å². The molecule has 1 aromatic carbocycles. The minimum absolute atomic E-state index is 0.897. The highest BCUT2D eigenvalue weighted by Crippen LogP contribution is 2.35. The van der Waals surface area contributed by atoms with Gasteiger partial charge in [-0.3, -0.25) is 0 Å². The van der Waals surface area contributed by atoms with Gasteiger partial charge >= 0.3 is 0 Å². The van der Waals surface area contributed by atoms with E-state index in [0.717, 1.165) is 25.2 Å². The van der Waals surface area contributed by atoms with Gasteiger partial charge in [0, 0.05) is 13.1 Å². The zero-order valence-corrected chi connectivity index (χ0v) is 11.7. The maximum Gasteiger partial charge on any atom is 0.0701 e. The quantitative estimate of drug-likeness (QED) is 0.858. The summed E-state index contributed by atoms with van der Waals surface area (Å²) in [5.41, 5.74) is 10.9. The van der Waals surface area contributed by atoms with Crippen LogP contribution in [0, 0.1) is 0 Å². The number of thiophene rings is 1. The molecule has 2 nitrogen and oxygen atoms in total. The normalized spacial score (nSPS) is 14.1. The molecule has 2 heterocycles. The second-order valence-corrected chi connectivity index (χ2v) is 6.58. The number of nitrogen functional groups attached to an aromatic ring is 1. The Bertz CT molecular complexity index is 550. The molecule has 1 aliphatic rings. The van der Waals surface area contributed by atoms with Gasteiger partial charge in [-0.1, -0.05) is 12.1 Å². The van der Waals surface area contributed by atoms with Gasteiger partial charge in [-0.2, -0.15) is 0 Å². The predicted molar refractivity (Wildman–Crippen MR) is 77.6 cm³/mol. The molecule has 0 aliphatic carbocycles. The fraction of sp³-hybridized carbons (Fsp3) is 0.231. The average molecular weight is 309 g/mol. The molecule has 3 rings (SSSR count). The van der Waals surface area contributed by atoms with Gasteiger partial charge in [0.1, 0.15) is 0 Å². The molecule has 0 amide bonds. The summed E-state index contributed by atoms with van der Waals surface area (Å²) in [5, 5.41) is 2.20. The number of anilines is 2. The van der Waals surface area contributed by atoms with Crippen molar-refractivity contribution in [3.8, 4) is 0 Å². The molecule has 0 radical (unpaired) electrons. The molecule has 0 spiro atoms. The van der Waals surface area contributed by atoms with Crippen LogP contribution in [-0.4, -0.2) is 6.54 Å². The van der Waals surface area contributed by atoms with Crippen LogP contribution < -0.4 is 10.6 Å². The Morgan fingerprint density at radius 1 is 1.41 bits per heavy atom. The Morgan fingerprint density at radius 2 is 2.29 bits per heavy atom. The second-order valence-electron chi connectivity index (χ2n) is 4.29. The van der Waals surface area contributed by atoms with Crippen molar-refractivity contribution in [2.24, 2.45) is 0 Å². The van der Waals surface area contributed by atoms with Crippen molar-refractivity contribution in [1.82, 2.24) is 0 Å². The lowest BCUT2D eigenvalue weighted by Crippen LogP contribution is -2.20. The first kappa shape index (κ1) is 11.1. The third kappa shape index (κ3) is 2.07. The van der Waals surface area contributed by atoms with E-state index in [1.807, 2.05) is 12.1 Å². The third-order valence-electron chi connectivity index (χ3n) is 3.11. The van der Waals surface area contributed by atoms with Gasteiger partial charge in [-0.15, -0.1) is 11.3 Å². The van der Waals surface area contributed by atoms with E-state index in [4.69, 9.17) is 5.73 Å². The van der Waals surface area contributed by atoms with Crippen molar-refractivity contribution in [3.05, 3.63) is 44.6 Å². The monoisotopic (exact) mass is 308 g/mol. The smallest absolute Gasteiger partial charge is 0.0701 e. The third-order valence-corrected chi connectivity index (χ3v) is 4.67. The fourth-order valence-corrected chi connectivity index (χ4v) is 3.57. The maximum absolute atomic E-state index is 6.07. The molecular formula is C13H13BrN2S. The number of nitrogens with zero attached hydrogens (tertiary/aromatic N) is 1. The van der Waals surface area contributed by atoms with Crippen molar-refractivity contribution in [2.75, 3.05) is 17.2 Å². The maximum atomic E-state index is 6.07. The molecule has 0 saturated carbocycles. The van der Waals surface area contributed by atoms with Crippen LogP contribution in [0.25, 0.3) is 0 Å². The zero-order valence-electron chi connectivity index (χ0n) is 9.32. The van der Waals surface area contributed by atoms with Crippen molar-refractivity contribution >= 4 is 38.6 Å². The number of hydrogen-bond acceptors (Lipinski definition) is 3. The van der Waals surface area contributed by atoms with Gasteiger partial charge in [0.15, 0.2) is 0 Å². The summed E-state index contributed by atoms with van der Waals surface area (Å²) in [4.78, 5) is 2.37. The summed E-state index contributed by atoms with van der Waals surface area (Å²) >= 11 is 5.24. The van der Waals surface area contributed by atoms with E-state index < -0.39 is 0 Å². The molecule has 1 aliphatic heterocycles. The Balaban J connectivity index is 1.89. The lowest BCUT2D eigenvalue weighted by molar-refractivity contribution is 0.839. The molecule has 0 unspecified atom stereocenters. The SMILES string of the molecule is Nc1cccc2c1N(Cc1csc(Br)c1)CC2. The van der Waals surface area contributed by atoms with Crippen LogP contribution in [0.2, 0.25) is 0 Å². The van der Waals surface area contributed by atoms with Gasteiger partial charge in [0.25, 0.3) is 0 Å². The largest absolute Gasteiger partial charge is 0.397 e. The second kappa shape index (κ2) is 4.35. The fourth-order valence-electron chi connectivity index (χ4n) is 2.37. The van der Waals surface area contributed by atoms with Crippen molar-refractivity contribution in [2.45, 2.75) is 13.0 Å². The number of fused-ring (bicyclic) bond motifs is 1. The first-order valence-corrected chi connectivity index (χ1v) is 7.26. The lowest BCUT2D eigenvalue weighted by Gasteiger charge is -2.20. The predicted octanol–water partition coefficient (Wildman–Crippen LogP) is 3.66. The van der Waals surface area contributed by atoms with Crippen LogP contribution in [0.3, 0.4) is 0 Å². The van der Waals surface area contributed by atoms with Crippen LogP contribution in [0.1, 0.15) is 11.1 Å². The summed E-state index contributed by atoms with van der Waals surface area (Å²) in [6.45, 7) is 2.01. The Hall–Kier alpha value is -1.00. The number of para-hydroxylation sites is 1. The van der Waals surface area contributed by atoms with Gasteiger partial charge in [0.2, 0.25) is 0 Å². The summed E-state index contributed by atoms with van der Waals surface area (Å²) in [6, 6.07) is 8.39. The van der Waals surface area contributed by atoms with E-state index in [2.05, 4.69) is 38.3 Å². The summed E-state index contributed by atoms with van der Waals surface area (Å²) in [5.74, 6) is 0. The summed E-state index contributed by atoms with van der Waals surface area (Å²) < 4.78 is 1.19. The summed E-state index contributed by atoms with van der Waals surface area (Å²) in [6.07, 6.45) is 1.10. The Kier molecular flexibility index (Phi) is 2.84. The summed E-state index contributed by atoms with van der Waals surface area (Å²) in [7, 11) is 0. The van der Waals surface area contributed by atoms with Crippen molar-refractivity contribution in [1.29, 1.82) is 0 Å². The molecule has 2 aromatic rings.